The Bertz CT molecular complexity index is 840. The zero-order valence-electron chi connectivity index (χ0n) is 19.0. The number of rotatable bonds is 10. The lowest BCUT2D eigenvalue weighted by Gasteiger charge is -2.35. The van der Waals surface area contributed by atoms with Crippen LogP contribution in [-0.2, 0) is 19.6 Å². The zero-order chi connectivity index (χ0) is 23.0. The summed E-state index contributed by atoms with van der Waals surface area (Å²) in [6, 6.07) is 5.52. The first-order valence-electron chi connectivity index (χ1n) is 11.1. The molecule has 0 saturated carbocycles. The minimum absolute atomic E-state index is 0.0672. The lowest BCUT2D eigenvalue weighted by molar-refractivity contribution is -0.129. The molecule has 1 fully saturated rings. The normalized spacial score (nSPS) is 18.5. The lowest BCUT2D eigenvalue weighted by atomic mass is 9.95. The van der Waals surface area contributed by atoms with E-state index >= 15 is 0 Å². The summed E-state index contributed by atoms with van der Waals surface area (Å²) < 4.78 is 27.0. The number of nitrogens with one attached hydrogen (secondary N) is 3. The van der Waals surface area contributed by atoms with Crippen molar-refractivity contribution < 1.29 is 18.0 Å². The third-order valence-corrected chi connectivity index (χ3v) is 7.08. The van der Waals surface area contributed by atoms with Crippen molar-refractivity contribution in [3.63, 3.8) is 0 Å². The van der Waals surface area contributed by atoms with Crippen LogP contribution < -0.4 is 15.4 Å². The molecule has 0 radical (unpaired) electrons. The molecule has 2 unspecified atom stereocenters. The molecule has 2 rings (SSSR count). The van der Waals surface area contributed by atoms with Gasteiger partial charge in [0.15, 0.2) is 0 Å². The highest BCUT2D eigenvalue weighted by atomic mass is 32.2. The van der Waals surface area contributed by atoms with Crippen molar-refractivity contribution in [2.75, 3.05) is 25.0 Å². The van der Waals surface area contributed by atoms with Crippen LogP contribution in [0.25, 0.3) is 0 Å². The van der Waals surface area contributed by atoms with Gasteiger partial charge in [0.25, 0.3) is 0 Å². The molecule has 1 aliphatic rings. The second-order valence-electron chi connectivity index (χ2n) is 8.44. The molecular weight excluding hydrogens is 416 g/mol. The van der Waals surface area contributed by atoms with Crippen LogP contribution in [0.3, 0.4) is 0 Å². The summed E-state index contributed by atoms with van der Waals surface area (Å²) in [6.45, 7) is 9.46. The molecule has 0 bridgehead atoms. The van der Waals surface area contributed by atoms with Gasteiger partial charge in [-0.3, -0.25) is 14.5 Å². The maximum Gasteiger partial charge on any atom is 0.241 e. The topological polar surface area (TPSA) is 108 Å². The van der Waals surface area contributed by atoms with Gasteiger partial charge in [-0.2, -0.15) is 0 Å². The highest BCUT2D eigenvalue weighted by molar-refractivity contribution is 7.89. The van der Waals surface area contributed by atoms with E-state index in [0.717, 1.165) is 32.2 Å². The van der Waals surface area contributed by atoms with E-state index in [4.69, 9.17) is 0 Å². The minimum atomic E-state index is -3.57. The van der Waals surface area contributed by atoms with Crippen LogP contribution in [0, 0.1) is 5.92 Å². The molecule has 1 heterocycles. The van der Waals surface area contributed by atoms with E-state index in [1.165, 1.54) is 12.1 Å². The van der Waals surface area contributed by atoms with Gasteiger partial charge in [-0.25, -0.2) is 13.1 Å². The molecule has 1 aliphatic heterocycles. The Balaban J connectivity index is 1.93. The van der Waals surface area contributed by atoms with Crippen molar-refractivity contribution in [3.05, 3.63) is 24.3 Å². The summed E-state index contributed by atoms with van der Waals surface area (Å²) in [5.74, 6) is -0.209. The Hall–Kier alpha value is -1.97. The number of unbranched alkanes of at least 4 members (excludes halogenated alkanes) is 1. The molecule has 31 heavy (non-hydrogen) atoms. The quantitative estimate of drug-likeness (QED) is 0.472. The standard InChI is InChI=1S/C22H36N4O4S/c1-5-6-13-23-22(28)18-8-7-14-26(15-18)17(4)21(27)24-19-9-11-20(12-10-19)31(29,30)25-16(2)3/h9-12,16-18,25H,5-8,13-15H2,1-4H3,(H,23,28)(H,24,27). The Morgan fingerprint density at radius 3 is 2.45 bits per heavy atom. The Labute approximate surface area is 186 Å². The van der Waals surface area contributed by atoms with Crippen LogP contribution in [0.2, 0.25) is 0 Å². The molecule has 1 saturated heterocycles. The number of carbonyl (C=O) groups is 2. The van der Waals surface area contributed by atoms with Crippen LogP contribution in [0.4, 0.5) is 5.69 Å². The number of nitrogens with zero attached hydrogens (tertiary/aromatic N) is 1. The summed E-state index contributed by atoms with van der Waals surface area (Å²) in [5, 5.41) is 5.84. The minimum Gasteiger partial charge on any atom is -0.356 e. The zero-order valence-corrected chi connectivity index (χ0v) is 19.8. The fourth-order valence-corrected chi connectivity index (χ4v) is 4.86. The molecule has 9 heteroatoms. The number of benzene rings is 1. The Morgan fingerprint density at radius 2 is 1.84 bits per heavy atom. The molecular formula is C22H36N4O4S. The van der Waals surface area contributed by atoms with Gasteiger partial charge in [-0.05, 0) is 70.8 Å². The molecule has 1 aromatic carbocycles. The second kappa shape index (κ2) is 11.6. The van der Waals surface area contributed by atoms with Crippen LogP contribution in [0.5, 0.6) is 0 Å². The lowest BCUT2D eigenvalue weighted by Crippen LogP contribution is -2.50. The first kappa shape index (κ1) is 25.3. The molecule has 0 aliphatic carbocycles. The number of carbonyl (C=O) groups excluding carboxylic acids is 2. The number of anilines is 1. The number of hydrogen-bond acceptors (Lipinski definition) is 5. The molecule has 0 aromatic heterocycles. The number of hydrogen-bond donors (Lipinski definition) is 3. The second-order valence-corrected chi connectivity index (χ2v) is 10.2. The number of amides is 2. The fraction of sp³-hybridized carbons (Fsp3) is 0.636. The smallest absolute Gasteiger partial charge is 0.241 e. The van der Waals surface area contributed by atoms with E-state index in [1.807, 2.05) is 11.8 Å². The summed E-state index contributed by atoms with van der Waals surface area (Å²) in [6.07, 6.45) is 3.71. The molecule has 174 valence electrons. The van der Waals surface area contributed by atoms with Crippen molar-refractivity contribution in [1.82, 2.24) is 14.9 Å². The highest BCUT2D eigenvalue weighted by Gasteiger charge is 2.30. The average Bonchev–Trinajstić information content (AvgIpc) is 2.73. The van der Waals surface area contributed by atoms with E-state index < -0.39 is 16.1 Å². The predicted octanol–water partition coefficient (Wildman–Crippen LogP) is 2.33. The van der Waals surface area contributed by atoms with Crippen LogP contribution in [0.15, 0.2) is 29.2 Å². The molecule has 2 atom stereocenters. The molecule has 2 amide bonds. The maximum absolute atomic E-state index is 12.7. The summed E-state index contributed by atoms with van der Waals surface area (Å²) in [7, 11) is -3.57. The van der Waals surface area contributed by atoms with Crippen molar-refractivity contribution in [2.45, 2.75) is 70.4 Å². The first-order valence-corrected chi connectivity index (χ1v) is 12.6. The Morgan fingerprint density at radius 1 is 1.16 bits per heavy atom. The van der Waals surface area contributed by atoms with Crippen LogP contribution >= 0.6 is 0 Å². The van der Waals surface area contributed by atoms with Crippen molar-refractivity contribution in [3.8, 4) is 0 Å². The van der Waals surface area contributed by atoms with Gasteiger partial charge >= 0.3 is 0 Å². The SMILES string of the molecule is CCCCNC(=O)C1CCCN(C(C)C(=O)Nc2ccc(S(=O)(=O)NC(C)C)cc2)C1. The van der Waals surface area contributed by atoms with Gasteiger partial charge < -0.3 is 10.6 Å². The third kappa shape index (κ3) is 7.59. The van der Waals surface area contributed by atoms with Gasteiger partial charge in [-0.1, -0.05) is 13.3 Å². The van der Waals surface area contributed by atoms with Crippen LogP contribution in [-0.4, -0.2) is 56.9 Å². The number of piperidine rings is 1. The summed E-state index contributed by atoms with van der Waals surface area (Å²) in [4.78, 5) is 27.3. The highest BCUT2D eigenvalue weighted by Crippen LogP contribution is 2.20. The molecule has 1 aromatic rings. The van der Waals surface area contributed by atoms with Crippen LogP contribution in [0.1, 0.15) is 53.4 Å². The van der Waals surface area contributed by atoms with Gasteiger partial charge in [0.2, 0.25) is 21.8 Å². The van der Waals surface area contributed by atoms with Gasteiger partial charge in [0.05, 0.1) is 16.9 Å². The third-order valence-electron chi connectivity index (χ3n) is 5.40. The molecule has 0 spiro atoms. The van der Waals surface area contributed by atoms with Gasteiger partial charge in [0.1, 0.15) is 0 Å². The number of sulfonamides is 1. The number of likely N-dealkylation sites (tertiary alicyclic amines) is 1. The van der Waals surface area contributed by atoms with E-state index in [0.29, 0.717) is 18.8 Å². The first-order chi connectivity index (χ1) is 14.6. The largest absolute Gasteiger partial charge is 0.356 e. The van der Waals surface area contributed by atoms with Crippen molar-refractivity contribution in [2.24, 2.45) is 5.92 Å². The van der Waals surface area contributed by atoms with Crippen molar-refractivity contribution >= 4 is 27.5 Å². The molecule has 8 nitrogen and oxygen atoms in total. The fourth-order valence-electron chi connectivity index (χ4n) is 3.61. The van der Waals surface area contributed by atoms with E-state index in [1.54, 1.807) is 26.0 Å². The molecule has 3 N–H and O–H groups in total. The summed E-state index contributed by atoms with van der Waals surface area (Å²) in [5.41, 5.74) is 0.534. The predicted molar refractivity (Wildman–Crippen MR) is 122 cm³/mol. The van der Waals surface area contributed by atoms with Gasteiger partial charge in [-0.15, -0.1) is 0 Å². The monoisotopic (exact) mass is 452 g/mol. The van der Waals surface area contributed by atoms with E-state index in [-0.39, 0.29) is 28.7 Å². The van der Waals surface area contributed by atoms with E-state index in [2.05, 4.69) is 22.3 Å². The van der Waals surface area contributed by atoms with Crippen molar-refractivity contribution in [1.29, 1.82) is 0 Å². The van der Waals surface area contributed by atoms with Gasteiger partial charge in [0, 0.05) is 24.8 Å². The average molecular weight is 453 g/mol. The summed E-state index contributed by atoms with van der Waals surface area (Å²) >= 11 is 0. The Kier molecular flexibility index (Phi) is 9.46. The van der Waals surface area contributed by atoms with E-state index in [9.17, 15) is 18.0 Å². The maximum atomic E-state index is 12.7.